The second-order valence-corrected chi connectivity index (χ2v) is 7.90. The normalized spacial score (nSPS) is 18.1. The number of carbonyl (C=O) groups is 1. The van der Waals surface area contributed by atoms with Crippen LogP contribution in [-0.2, 0) is 27.4 Å². The van der Waals surface area contributed by atoms with E-state index in [9.17, 15) is 4.79 Å². The molecule has 7 heteroatoms. The van der Waals surface area contributed by atoms with Gasteiger partial charge in [0.25, 0.3) is 0 Å². The maximum absolute atomic E-state index is 12.1. The molecule has 0 spiro atoms. The molecular weight excluding hydrogens is 396 g/mol. The monoisotopic (exact) mass is 424 g/mol. The maximum Gasteiger partial charge on any atom is 0.510 e. The molecule has 4 rings (SSSR count). The van der Waals surface area contributed by atoms with Crippen molar-refractivity contribution < 1.29 is 23.7 Å². The summed E-state index contributed by atoms with van der Waals surface area (Å²) >= 11 is 0. The van der Waals surface area contributed by atoms with Crippen LogP contribution >= 0.6 is 0 Å². The van der Waals surface area contributed by atoms with Gasteiger partial charge in [-0.1, -0.05) is 30.3 Å². The number of hydrogen-bond donors (Lipinski definition) is 2. The van der Waals surface area contributed by atoms with E-state index in [0.29, 0.717) is 19.8 Å². The fraction of sp³-hybridized carbons (Fsp3) is 0.375. The first kappa shape index (κ1) is 21.2. The summed E-state index contributed by atoms with van der Waals surface area (Å²) in [5.41, 5.74) is 4.24. The zero-order chi connectivity index (χ0) is 21.8. The molecule has 2 unspecified atom stereocenters. The molecule has 0 saturated carbocycles. The molecule has 0 amide bonds. The summed E-state index contributed by atoms with van der Waals surface area (Å²) in [7, 11) is 1.64. The van der Waals surface area contributed by atoms with Crippen LogP contribution in [0.1, 0.15) is 36.6 Å². The van der Waals surface area contributed by atoms with Crippen molar-refractivity contribution in [2.24, 2.45) is 0 Å². The van der Waals surface area contributed by atoms with E-state index in [1.54, 1.807) is 21.0 Å². The van der Waals surface area contributed by atoms with Crippen molar-refractivity contribution in [1.82, 2.24) is 10.3 Å². The van der Waals surface area contributed by atoms with E-state index >= 15 is 0 Å². The van der Waals surface area contributed by atoms with Crippen LogP contribution in [0.15, 0.2) is 48.5 Å². The molecule has 3 aromatic rings. The van der Waals surface area contributed by atoms with Crippen LogP contribution in [0.4, 0.5) is 4.79 Å². The average molecular weight is 424 g/mol. The van der Waals surface area contributed by atoms with Crippen LogP contribution in [0.3, 0.4) is 0 Å². The van der Waals surface area contributed by atoms with Crippen LogP contribution in [0.2, 0.25) is 0 Å². The maximum atomic E-state index is 12.1. The van der Waals surface area contributed by atoms with E-state index in [4.69, 9.17) is 18.9 Å². The Balaban J connectivity index is 1.60. The van der Waals surface area contributed by atoms with Crippen molar-refractivity contribution in [2.45, 2.75) is 45.2 Å². The largest absolute Gasteiger partial charge is 0.510 e. The highest BCUT2D eigenvalue weighted by atomic mass is 16.7. The van der Waals surface area contributed by atoms with Crippen molar-refractivity contribution >= 4 is 17.1 Å². The van der Waals surface area contributed by atoms with E-state index in [1.807, 2.05) is 48.5 Å². The van der Waals surface area contributed by atoms with Gasteiger partial charge in [-0.2, -0.15) is 0 Å². The minimum atomic E-state index is -0.691. The first-order valence-corrected chi connectivity index (χ1v) is 10.5. The number of aromatic amines is 1. The summed E-state index contributed by atoms with van der Waals surface area (Å²) in [5.74, 6) is 0.594. The van der Waals surface area contributed by atoms with Gasteiger partial charge in [0.2, 0.25) is 0 Å². The molecular formula is C24H28N2O5. The molecule has 2 N–H and O–H groups in total. The highest BCUT2D eigenvalue weighted by molar-refractivity contribution is 5.87. The quantitative estimate of drug-likeness (QED) is 0.545. The number of aromatic nitrogens is 1. The molecule has 1 aliphatic rings. The van der Waals surface area contributed by atoms with E-state index < -0.39 is 12.4 Å². The third-order valence-corrected chi connectivity index (χ3v) is 5.26. The topological polar surface area (TPSA) is 81.8 Å². The average Bonchev–Trinajstić information content (AvgIpc) is 3.12. The third kappa shape index (κ3) is 4.84. The summed E-state index contributed by atoms with van der Waals surface area (Å²) in [6, 6.07) is 16.1. The Kier molecular flexibility index (Phi) is 6.44. The summed E-state index contributed by atoms with van der Waals surface area (Å²) in [4.78, 5) is 15.6. The van der Waals surface area contributed by atoms with Gasteiger partial charge in [0.05, 0.1) is 18.6 Å². The minimum Gasteiger partial charge on any atom is -0.489 e. The number of nitrogens with one attached hydrogen (secondary N) is 2. The molecule has 0 saturated heterocycles. The molecule has 2 aromatic carbocycles. The molecule has 0 fully saturated rings. The number of methoxy groups -OCH3 is 1. The molecule has 164 valence electrons. The second kappa shape index (κ2) is 9.41. The van der Waals surface area contributed by atoms with E-state index in [1.165, 1.54) is 0 Å². The SMILES string of the molecule is COCC1c2c([nH]c3ccc(OCc4ccccc4)cc23)CNC1OC(=O)OC(C)C. The molecule has 0 bridgehead atoms. The molecule has 0 aliphatic carbocycles. The van der Waals surface area contributed by atoms with E-state index in [0.717, 1.165) is 33.5 Å². The van der Waals surface area contributed by atoms with E-state index in [-0.39, 0.29) is 12.0 Å². The van der Waals surface area contributed by atoms with Crippen molar-refractivity contribution in [3.63, 3.8) is 0 Å². The first-order chi connectivity index (χ1) is 15.0. The zero-order valence-corrected chi connectivity index (χ0v) is 18.0. The van der Waals surface area contributed by atoms with Crippen molar-refractivity contribution in [3.8, 4) is 5.75 Å². The van der Waals surface area contributed by atoms with Gasteiger partial charge >= 0.3 is 6.16 Å². The summed E-state index contributed by atoms with van der Waals surface area (Å²) in [6.45, 7) is 5.01. The number of carbonyl (C=O) groups excluding carboxylic acids is 1. The lowest BCUT2D eigenvalue weighted by atomic mass is 9.91. The molecule has 0 radical (unpaired) electrons. The number of H-pyrrole nitrogens is 1. The van der Waals surface area contributed by atoms with E-state index in [2.05, 4.69) is 10.3 Å². The highest BCUT2D eigenvalue weighted by Gasteiger charge is 2.35. The lowest BCUT2D eigenvalue weighted by Crippen LogP contribution is -2.44. The molecule has 31 heavy (non-hydrogen) atoms. The number of rotatable bonds is 7. The van der Waals surface area contributed by atoms with Crippen molar-refractivity contribution in [3.05, 3.63) is 65.4 Å². The number of benzene rings is 2. The number of ether oxygens (including phenoxy) is 4. The van der Waals surface area contributed by atoms with Gasteiger partial charge in [-0.25, -0.2) is 4.79 Å². The Morgan fingerprint density at radius 1 is 1.16 bits per heavy atom. The van der Waals surface area contributed by atoms with Crippen molar-refractivity contribution in [2.75, 3.05) is 13.7 Å². The fourth-order valence-electron chi connectivity index (χ4n) is 3.94. The fourth-order valence-corrected chi connectivity index (χ4v) is 3.94. The van der Waals surface area contributed by atoms with Crippen LogP contribution < -0.4 is 10.1 Å². The number of hydrogen-bond acceptors (Lipinski definition) is 6. The van der Waals surface area contributed by atoms with Gasteiger partial charge in [0.1, 0.15) is 12.4 Å². The predicted octanol–water partition coefficient (Wildman–Crippen LogP) is 4.47. The van der Waals surface area contributed by atoms with Gasteiger partial charge in [0, 0.05) is 30.3 Å². The summed E-state index contributed by atoms with van der Waals surface area (Å²) in [6.07, 6.45) is -1.49. The Bertz CT molecular complexity index is 1030. The molecule has 2 heterocycles. The third-order valence-electron chi connectivity index (χ3n) is 5.26. The number of fused-ring (bicyclic) bond motifs is 3. The van der Waals surface area contributed by atoms with Crippen LogP contribution in [-0.4, -0.2) is 37.2 Å². The van der Waals surface area contributed by atoms with Crippen molar-refractivity contribution in [1.29, 1.82) is 0 Å². The Morgan fingerprint density at radius 2 is 1.97 bits per heavy atom. The first-order valence-electron chi connectivity index (χ1n) is 10.5. The predicted molar refractivity (Wildman–Crippen MR) is 117 cm³/mol. The van der Waals surface area contributed by atoms with Gasteiger partial charge in [-0.05, 0) is 43.2 Å². The Hall–Kier alpha value is -3.03. The smallest absolute Gasteiger partial charge is 0.489 e. The summed E-state index contributed by atoms with van der Waals surface area (Å²) < 4.78 is 22.2. The van der Waals surface area contributed by atoms with Gasteiger partial charge in [0.15, 0.2) is 6.23 Å². The van der Waals surface area contributed by atoms with Gasteiger partial charge in [-0.3, -0.25) is 5.32 Å². The summed E-state index contributed by atoms with van der Waals surface area (Å²) in [5, 5.41) is 4.31. The lowest BCUT2D eigenvalue weighted by Gasteiger charge is -2.32. The Morgan fingerprint density at radius 3 is 2.71 bits per heavy atom. The molecule has 1 aromatic heterocycles. The lowest BCUT2D eigenvalue weighted by molar-refractivity contribution is -0.0253. The molecule has 1 aliphatic heterocycles. The van der Waals surface area contributed by atoms with Crippen LogP contribution in [0.5, 0.6) is 5.75 Å². The highest BCUT2D eigenvalue weighted by Crippen LogP contribution is 2.37. The zero-order valence-electron chi connectivity index (χ0n) is 18.0. The van der Waals surface area contributed by atoms with Gasteiger partial charge < -0.3 is 23.9 Å². The van der Waals surface area contributed by atoms with Gasteiger partial charge in [-0.15, -0.1) is 0 Å². The molecule has 2 atom stereocenters. The van der Waals surface area contributed by atoms with Crippen LogP contribution in [0.25, 0.3) is 10.9 Å². The standard InChI is InChI=1S/C24H28N2O5/c1-15(2)30-24(27)31-23-19(14-28-3)22-18-11-17(29-13-16-7-5-4-6-8-16)9-10-20(18)26-21(22)12-25-23/h4-11,15,19,23,25-26H,12-14H2,1-3H3. The van der Waals surface area contributed by atoms with Crippen LogP contribution in [0, 0.1) is 0 Å². The molecule has 7 nitrogen and oxygen atoms in total. The minimum absolute atomic E-state index is 0.188. The second-order valence-electron chi connectivity index (χ2n) is 7.90. The Labute approximate surface area is 181 Å².